The number of nitrogens with zero attached hydrogens (tertiary/aromatic N) is 1. The number of amides is 2. The first-order chi connectivity index (χ1) is 13.5. The molecule has 1 aliphatic rings. The quantitative estimate of drug-likeness (QED) is 0.591. The second kappa shape index (κ2) is 7.64. The molecule has 3 N–H and O–H groups in total. The molecule has 2 amide bonds. The Morgan fingerprint density at radius 2 is 1.96 bits per heavy atom. The van der Waals surface area contributed by atoms with Crippen LogP contribution in [0.3, 0.4) is 0 Å². The summed E-state index contributed by atoms with van der Waals surface area (Å²) in [7, 11) is 0. The van der Waals surface area contributed by atoms with Crippen molar-refractivity contribution < 1.29 is 9.59 Å². The molecule has 0 aliphatic heterocycles. The smallest absolute Gasteiger partial charge is 0.246 e. The van der Waals surface area contributed by atoms with Crippen molar-refractivity contribution >= 4 is 40.1 Å². The molecule has 0 unspecified atom stereocenters. The molecular formula is C21H21ClN4O2. The summed E-state index contributed by atoms with van der Waals surface area (Å²) < 4.78 is 0. The van der Waals surface area contributed by atoms with E-state index >= 15 is 0 Å². The highest BCUT2D eigenvalue weighted by atomic mass is 35.5. The summed E-state index contributed by atoms with van der Waals surface area (Å²) in [5.41, 5.74) is 2.60. The normalized spacial score (nSPS) is 19.2. The molecule has 4 rings (SSSR count). The lowest BCUT2D eigenvalue weighted by Crippen LogP contribution is -2.41. The number of aromatic nitrogens is 2. The Morgan fingerprint density at radius 1 is 1.21 bits per heavy atom. The second-order valence-electron chi connectivity index (χ2n) is 7.23. The van der Waals surface area contributed by atoms with Crippen LogP contribution >= 0.6 is 11.6 Å². The Labute approximate surface area is 167 Å². The maximum absolute atomic E-state index is 12.3. The fourth-order valence-electron chi connectivity index (χ4n) is 3.34. The van der Waals surface area contributed by atoms with Crippen LogP contribution in [-0.2, 0) is 9.59 Å². The summed E-state index contributed by atoms with van der Waals surface area (Å²) >= 11 is 5.84. The number of fused-ring (bicyclic) bond motifs is 1. The number of aromatic amines is 1. The number of imidazole rings is 1. The van der Waals surface area contributed by atoms with Crippen LogP contribution in [-0.4, -0.2) is 27.8 Å². The van der Waals surface area contributed by atoms with Crippen molar-refractivity contribution in [2.24, 2.45) is 5.92 Å². The molecular weight excluding hydrogens is 376 g/mol. The highest BCUT2D eigenvalue weighted by molar-refractivity contribution is 6.30. The minimum Gasteiger partial charge on any atom is -0.345 e. The summed E-state index contributed by atoms with van der Waals surface area (Å²) in [4.78, 5) is 32.5. The highest BCUT2D eigenvalue weighted by Crippen LogP contribution is 2.48. The van der Waals surface area contributed by atoms with Gasteiger partial charge in [-0.1, -0.05) is 23.7 Å². The fourth-order valence-corrected chi connectivity index (χ4v) is 3.47. The summed E-state index contributed by atoms with van der Waals surface area (Å²) in [5.74, 6) is 1.08. The molecule has 144 valence electrons. The van der Waals surface area contributed by atoms with Gasteiger partial charge in [-0.25, -0.2) is 4.98 Å². The van der Waals surface area contributed by atoms with E-state index in [1.54, 1.807) is 31.2 Å². The molecule has 3 aromatic rings. The SMILES string of the molecule is C[C@H](NC(=O)C[C@@H]1C[C@@H]1c1nc2ccccc2[nH]1)C(=O)Nc1ccc(Cl)cc1. The van der Waals surface area contributed by atoms with E-state index in [1.807, 2.05) is 24.3 Å². The molecule has 1 aliphatic carbocycles. The number of hydrogen-bond acceptors (Lipinski definition) is 3. The number of para-hydroxylation sites is 2. The van der Waals surface area contributed by atoms with E-state index in [0.717, 1.165) is 23.3 Å². The van der Waals surface area contributed by atoms with Crippen molar-refractivity contribution in [2.45, 2.75) is 31.7 Å². The molecule has 0 bridgehead atoms. The number of halogens is 1. The fraction of sp³-hybridized carbons (Fsp3) is 0.286. The third-order valence-electron chi connectivity index (χ3n) is 5.01. The Hall–Kier alpha value is -2.86. The Morgan fingerprint density at radius 3 is 2.71 bits per heavy atom. The van der Waals surface area contributed by atoms with Crippen molar-refractivity contribution in [1.82, 2.24) is 15.3 Å². The average molecular weight is 397 g/mol. The van der Waals surface area contributed by atoms with Gasteiger partial charge in [0.05, 0.1) is 11.0 Å². The molecule has 0 radical (unpaired) electrons. The molecule has 1 saturated carbocycles. The zero-order valence-electron chi connectivity index (χ0n) is 15.4. The van der Waals surface area contributed by atoms with E-state index in [4.69, 9.17) is 11.6 Å². The van der Waals surface area contributed by atoms with E-state index < -0.39 is 6.04 Å². The molecule has 0 saturated heterocycles. The van der Waals surface area contributed by atoms with Gasteiger partial charge in [-0.2, -0.15) is 0 Å². The molecule has 1 aromatic heterocycles. The average Bonchev–Trinajstić information content (AvgIpc) is 3.29. The van der Waals surface area contributed by atoms with E-state index in [1.165, 1.54) is 0 Å². The first-order valence-corrected chi connectivity index (χ1v) is 9.68. The van der Waals surface area contributed by atoms with Crippen LogP contribution in [0.2, 0.25) is 5.02 Å². The zero-order valence-corrected chi connectivity index (χ0v) is 16.2. The number of benzene rings is 2. The Kier molecular flexibility index (Phi) is 5.05. The number of H-pyrrole nitrogens is 1. The molecule has 2 aromatic carbocycles. The van der Waals surface area contributed by atoms with Crippen molar-refractivity contribution in [3.63, 3.8) is 0 Å². The Balaban J connectivity index is 1.27. The standard InChI is InChI=1S/C21H21ClN4O2/c1-12(21(28)24-15-8-6-14(22)7-9-15)23-19(27)11-13-10-16(13)20-25-17-4-2-3-5-18(17)26-20/h2-9,12-13,16H,10-11H2,1H3,(H,23,27)(H,24,28)(H,25,26)/t12-,13-,16-/m0/s1. The maximum Gasteiger partial charge on any atom is 0.246 e. The topological polar surface area (TPSA) is 86.9 Å². The number of rotatable bonds is 6. The van der Waals surface area contributed by atoms with E-state index in [-0.39, 0.29) is 23.7 Å². The largest absolute Gasteiger partial charge is 0.345 e. The van der Waals surface area contributed by atoms with E-state index in [0.29, 0.717) is 17.1 Å². The summed E-state index contributed by atoms with van der Waals surface area (Å²) in [5, 5.41) is 6.14. The highest BCUT2D eigenvalue weighted by Gasteiger charge is 2.42. The molecule has 1 heterocycles. The molecule has 6 nitrogen and oxygen atoms in total. The number of carbonyl (C=O) groups is 2. The first kappa shape index (κ1) is 18.5. The van der Waals surface area contributed by atoms with Gasteiger partial charge in [0, 0.05) is 23.0 Å². The van der Waals surface area contributed by atoms with Gasteiger partial charge in [-0.15, -0.1) is 0 Å². The van der Waals surface area contributed by atoms with Crippen LogP contribution in [0.25, 0.3) is 11.0 Å². The van der Waals surface area contributed by atoms with Crippen molar-refractivity contribution in [2.75, 3.05) is 5.32 Å². The van der Waals surface area contributed by atoms with E-state index in [2.05, 4.69) is 20.6 Å². The Bertz CT molecular complexity index is 982. The van der Waals surface area contributed by atoms with Crippen LogP contribution in [0.4, 0.5) is 5.69 Å². The van der Waals surface area contributed by atoms with Crippen molar-refractivity contribution in [3.05, 3.63) is 59.4 Å². The second-order valence-corrected chi connectivity index (χ2v) is 7.67. The maximum atomic E-state index is 12.3. The van der Waals surface area contributed by atoms with Gasteiger partial charge in [0.25, 0.3) is 0 Å². The monoisotopic (exact) mass is 396 g/mol. The summed E-state index contributed by atoms with van der Waals surface area (Å²) in [6.07, 6.45) is 1.32. The molecule has 7 heteroatoms. The molecule has 28 heavy (non-hydrogen) atoms. The zero-order chi connectivity index (χ0) is 19.7. The molecule has 0 spiro atoms. The van der Waals surface area contributed by atoms with Crippen LogP contribution in [0.1, 0.15) is 31.5 Å². The van der Waals surface area contributed by atoms with Gasteiger partial charge >= 0.3 is 0 Å². The number of nitrogens with one attached hydrogen (secondary N) is 3. The van der Waals surface area contributed by atoms with Gasteiger partial charge in [0.2, 0.25) is 11.8 Å². The first-order valence-electron chi connectivity index (χ1n) is 9.30. The van der Waals surface area contributed by atoms with Crippen LogP contribution < -0.4 is 10.6 Å². The number of carbonyl (C=O) groups excluding carboxylic acids is 2. The lowest BCUT2D eigenvalue weighted by molar-refractivity contribution is -0.126. The number of hydrogen-bond donors (Lipinski definition) is 3. The minimum atomic E-state index is -0.619. The van der Waals surface area contributed by atoms with Gasteiger partial charge in [-0.3, -0.25) is 9.59 Å². The van der Waals surface area contributed by atoms with Gasteiger partial charge in [-0.05, 0) is 55.7 Å². The minimum absolute atomic E-state index is 0.123. The predicted octanol–water partition coefficient (Wildman–Crippen LogP) is 3.85. The lowest BCUT2D eigenvalue weighted by atomic mass is 10.2. The van der Waals surface area contributed by atoms with Crippen LogP contribution in [0.15, 0.2) is 48.5 Å². The van der Waals surface area contributed by atoms with Gasteiger partial charge in [0.15, 0.2) is 0 Å². The third-order valence-corrected chi connectivity index (χ3v) is 5.26. The van der Waals surface area contributed by atoms with Crippen LogP contribution in [0, 0.1) is 5.92 Å². The van der Waals surface area contributed by atoms with E-state index in [9.17, 15) is 9.59 Å². The van der Waals surface area contributed by atoms with Crippen molar-refractivity contribution in [3.8, 4) is 0 Å². The lowest BCUT2D eigenvalue weighted by Gasteiger charge is -2.14. The third kappa shape index (κ3) is 4.17. The van der Waals surface area contributed by atoms with Crippen LogP contribution in [0.5, 0.6) is 0 Å². The van der Waals surface area contributed by atoms with Crippen molar-refractivity contribution in [1.29, 1.82) is 0 Å². The molecule has 3 atom stereocenters. The molecule has 1 fully saturated rings. The summed E-state index contributed by atoms with van der Waals surface area (Å²) in [6.45, 7) is 1.67. The number of anilines is 1. The predicted molar refractivity (Wildman–Crippen MR) is 109 cm³/mol. The summed E-state index contributed by atoms with van der Waals surface area (Å²) in [6, 6.07) is 14.1. The van der Waals surface area contributed by atoms with Gasteiger partial charge in [0.1, 0.15) is 11.9 Å². The van der Waals surface area contributed by atoms with Gasteiger partial charge < -0.3 is 15.6 Å².